The lowest BCUT2D eigenvalue weighted by Crippen LogP contribution is -2.28. The fourth-order valence-corrected chi connectivity index (χ4v) is 4.37. The van der Waals surface area contributed by atoms with Crippen molar-refractivity contribution in [2.45, 2.75) is 5.37 Å². The molecule has 0 radical (unpaired) electrons. The van der Waals surface area contributed by atoms with Gasteiger partial charge in [-0.05, 0) is 30.3 Å². The Morgan fingerprint density at radius 2 is 1.70 bits per heavy atom. The molecule has 5 nitrogen and oxygen atoms in total. The number of rotatable bonds is 5. The molecule has 3 aromatic carbocycles. The van der Waals surface area contributed by atoms with Gasteiger partial charge >= 0.3 is 0 Å². The quantitative estimate of drug-likeness (QED) is 0.468. The molecule has 1 atom stereocenters. The van der Waals surface area contributed by atoms with E-state index in [1.807, 2.05) is 6.07 Å². The normalized spacial score (nSPS) is 15.2. The van der Waals surface area contributed by atoms with E-state index in [-0.39, 0.29) is 17.4 Å². The van der Waals surface area contributed by atoms with E-state index >= 15 is 0 Å². The van der Waals surface area contributed by atoms with E-state index in [9.17, 15) is 22.4 Å². The zero-order valence-corrected chi connectivity index (χ0v) is 17.5. The van der Waals surface area contributed by atoms with Crippen molar-refractivity contribution >= 4 is 22.7 Å². The SMILES string of the molecule is N#CCOc1ccccc1C1SC(c2ccc(F)cc2)=NN1C(=O)c1c(F)cc(F)cc1F. The van der Waals surface area contributed by atoms with Crippen molar-refractivity contribution in [2.75, 3.05) is 6.61 Å². The number of nitriles is 1. The molecule has 0 fully saturated rings. The molecule has 1 heterocycles. The summed E-state index contributed by atoms with van der Waals surface area (Å²) in [5, 5.41) is 13.3. The molecular weight excluding hydrogens is 458 g/mol. The summed E-state index contributed by atoms with van der Waals surface area (Å²) in [6, 6.07) is 14.5. The van der Waals surface area contributed by atoms with Crippen LogP contribution in [0.15, 0.2) is 65.8 Å². The third-order valence-electron chi connectivity index (χ3n) is 4.64. The highest BCUT2D eigenvalue weighted by Crippen LogP contribution is 2.45. The van der Waals surface area contributed by atoms with E-state index < -0.39 is 40.1 Å². The van der Waals surface area contributed by atoms with Gasteiger partial charge in [0.2, 0.25) is 0 Å². The Bertz CT molecular complexity index is 1270. The number of ether oxygens (including phenoxy) is 1. The zero-order chi connectivity index (χ0) is 23.5. The molecule has 0 aromatic heterocycles. The van der Waals surface area contributed by atoms with Gasteiger partial charge in [0.25, 0.3) is 5.91 Å². The number of para-hydroxylation sites is 1. The molecule has 0 spiro atoms. The molecule has 166 valence electrons. The number of hydrogen-bond acceptors (Lipinski definition) is 5. The summed E-state index contributed by atoms with van der Waals surface area (Å²) in [5.41, 5.74) is -0.0893. The maximum atomic E-state index is 14.4. The molecule has 10 heteroatoms. The maximum Gasteiger partial charge on any atom is 0.281 e. The van der Waals surface area contributed by atoms with E-state index in [2.05, 4.69) is 5.10 Å². The zero-order valence-electron chi connectivity index (χ0n) is 16.6. The van der Waals surface area contributed by atoms with E-state index in [4.69, 9.17) is 10.00 Å². The molecular formula is C23H13F4N3O2S. The number of carbonyl (C=O) groups excluding carboxylic acids is 1. The number of thioether (sulfide) groups is 1. The van der Waals surface area contributed by atoms with Gasteiger partial charge in [-0.25, -0.2) is 22.6 Å². The first kappa shape index (κ1) is 22.4. The molecule has 33 heavy (non-hydrogen) atoms. The number of amides is 1. The smallest absolute Gasteiger partial charge is 0.281 e. The minimum Gasteiger partial charge on any atom is -0.478 e. The second kappa shape index (κ2) is 9.34. The van der Waals surface area contributed by atoms with Crippen LogP contribution in [0.3, 0.4) is 0 Å². The van der Waals surface area contributed by atoms with Crippen LogP contribution in [0.1, 0.15) is 26.9 Å². The first-order chi connectivity index (χ1) is 15.9. The molecule has 1 amide bonds. The van der Waals surface area contributed by atoms with Crippen LogP contribution in [0.4, 0.5) is 17.6 Å². The molecule has 0 N–H and O–H groups in total. The largest absolute Gasteiger partial charge is 0.478 e. The number of hydrazone groups is 1. The van der Waals surface area contributed by atoms with Crippen molar-refractivity contribution in [1.82, 2.24) is 5.01 Å². The Labute approximate surface area is 189 Å². The summed E-state index contributed by atoms with van der Waals surface area (Å²) >= 11 is 1.07. The first-order valence-corrected chi connectivity index (χ1v) is 10.3. The second-order valence-electron chi connectivity index (χ2n) is 6.76. The summed E-state index contributed by atoms with van der Waals surface area (Å²) < 4.78 is 60.9. The fraction of sp³-hybridized carbons (Fsp3) is 0.0870. The van der Waals surface area contributed by atoms with E-state index in [1.165, 1.54) is 24.3 Å². The van der Waals surface area contributed by atoms with Gasteiger partial charge in [0.05, 0.1) is 0 Å². The number of carbonyl (C=O) groups is 1. The van der Waals surface area contributed by atoms with Gasteiger partial charge in [-0.15, -0.1) is 0 Å². The monoisotopic (exact) mass is 471 g/mol. The van der Waals surface area contributed by atoms with Crippen LogP contribution < -0.4 is 4.74 Å². The Morgan fingerprint density at radius 3 is 2.36 bits per heavy atom. The highest BCUT2D eigenvalue weighted by atomic mass is 32.2. The summed E-state index contributed by atoms with van der Waals surface area (Å²) in [6.07, 6.45) is 0. The topological polar surface area (TPSA) is 65.7 Å². The Morgan fingerprint density at radius 1 is 1.03 bits per heavy atom. The van der Waals surface area contributed by atoms with Crippen LogP contribution in [0.5, 0.6) is 5.75 Å². The van der Waals surface area contributed by atoms with E-state index in [1.54, 1.807) is 24.3 Å². The van der Waals surface area contributed by atoms with Crippen LogP contribution in [0.2, 0.25) is 0 Å². The summed E-state index contributed by atoms with van der Waals surface area (Å²) in [6.45, 7) is -0.269. The molecule has 0 bridgehead atoms. The molecule has 0 saturated heterocycles. The molecule has 1 unspecified atom stereocenters. The van der Waals surface area contributed by atoms with Gasteiger partial charge < -0.3 is 4.74 Å². The van der Waals surface area contributed by atoms with Crippen molar-refractivity contribution in [3.8, 4) is 11.8 Å². The minimum atomic E-state index is -1.37. The number of hydrogen-bond donors (Lipinski definition) is 0. The van der Waals surface area contributed by atoms with Crippen molar-refractivity contribution in [3.05, 3.63) is 101 Å². The number of benzene rings is 3. The average Bonchev–Trinajstić information content (AvgIpc) is 3.23. The lowest BCUT2D eigenvalue weighted by Gasteiger charge is -2.23. The van der Waals surface area contributed by atoms with Gasteiger partial charge in [0.15, 0.2) is 6.61 Å². The van der Waals surface area contributed by atoms with Crippen LogP contribution in [0, 0.1) is 34.6 Å². The molecule has 0 aliphatic carbocycles. The van der Waals surface area contributed by atoms with Crippen molar-refractivity contribution < 1.29 is 27.1 Å². The maximum absolute atomic E-state index is 14.4. The Balaban J connectivity index is 1.80. The predicted octanol–water partition coefficient (Wildman–Crippen LogP) is 5.39. The summed E-state index contributed by atoms with van der Waals surface area (Å²) in [5.74, 6) is -5.27. The number of nitrogens with zero attached hydrogens (tertiary/aromatic N) is 3. The van der Waals surface area contributed by atoms with Crippen molar-refractivity contribution in [1.29, 1.82) is 5.26 Å². The molecule has 4 rings (SSSR count). The first-order valence-electron chi connectivity index (χ1n) is 9.47. The van der Waals surface area contributed by atoms with Gasteiger partial charge in [0, 0.05) is 23.3 Å². The van der Waals surface area contributed by atoms with Crippen LogP contribution in [-0.4, -0.2) is 22.6 Å². The van der Waals surface area contributed by atoms with Gasteiger partial charge in [-0.1, -0.05) is 30.0 Å². The van der Waals surface area contributed by atoms with Crippen LogP contribution in [0.25, 0.3) is 0 Å². The van der Waals surface area contributed by atoms with Gasteiger partial charge in [-0.3, -0.25) is 4.79 Å². The molecule has 0 saturated carbocycles. The van der Waals surface area contributed by atoms with Crippen molar-refractivity contribution in [2.24, 2.45) is 5.10 Å². The average molecular weight is 471 g/mol. The summed E-state index contributed by atoms with van der Waals surface area (Å²) in [7, 11) is 0. The second-order valence-corrected chi connectivity index (χ2v) is 7.83. The third-order valence-corrected chi connectivity index (χ3v) is 5.86. The van der Waals surface area contributed by atoms with E-state index in [0.29, 0.717) is 23.3 Å². The van der Waals surface area contributed by atoms with Crippen molar-refractivity contribution in [3.63, 3.8) is 0 Å². The standard InChI is InChI=1S/C23H13F4N3O2S/c24-14-7-5-13(6-8-14)21-29-30(22(31)20-17(26)11-15(25)12-18(20)27)23(33-21)16-3-1-2-4-19(16)32-10-9-28/h1-8,11-12,23H,10H2. The lowest BCUT2D eigenvalue weighted by molar-refractivity contribution is 0.0737. The third kappa shape index (κ3) is 4.54. The Kier molecular flexibility index (Phi) is 6.33. The highest BCUT2D eigenvalue weighted by Gasteiger charge is 2.38. The van der Waals surface area contributed by atoms with Gasteiger partial charge in [0.1, 0.15) is 51.1 Å². The summed E-state index contributed by atoms with van der Waals surface area (Å²) in [4.78, 5) is 13.2. The van der Waals surface area contributed by atoms with E-state index in [0.717, 1.165) is 16.8 Å². The minimum absolute atomic E-state index is 0.268. The van der Waals surface area contributed by atoms with Crippen LogP contribution >= 0.6 is 11.8 Å². The molecule has 3 aromatic rings. The van der Waals surface area contributed by atoms with Gasteiger partial charge in [-0.2, -0.15) is 10.4 Å². The molecule has 1 aliphatic heterocycles. The Hall–Kier alpha value is -3.84. The highest BCUT2D eigenvalue weighted by molar-refractivity contribution is 8.14. The predicted molar refractivity (Wildman–Crippen MR) is 113 cm³/mol. The number of halogens is 4. The van der Waals surface area contributed by atoms with Crippen LogP contribution in [-0.2, 0) is 0 Å². The molecule has 1 aliphatic rings. The fourth-order valence-electron chi connectivity index (χ4n) is 3.18. The lowest BCUT2D eigenvalue weighted by atomic mass is 10.1.